The van der Waals surface area contributed by atoms with Crippen LogP contribution in [0.25, 0.3) is 0 Å². The number of fused-ring (bicyclic) bond motifs is 1. The summed E-state index contributed by atoms with van der Waals surface area (Å²) in [5, 5.41) is 2.92. The van der Waals surface area contributed by atoms with E-state index in [2.05, 4.69) is 17.0 Å². The van der Waals surface area contributed by atoms with Crippen LogP contribution >= 0.6 is 0 Å². The molecule has 1 saturated heterocycles. The molecule has 2 aliphatic heterocycles. The average molecular weight is 358 g/mol. The Balaban J connectivity index is 1.63. The monoisotopic (exact) mass is 358 g/mol. The van der Waals surface area contributed by atoms with Crippen LogP contribution in [0.3, 0.4) is 0 Å². The van der Waals surface area contributed by atoms with Gasteiger partial charge in [-0.1, -0.05) is 13.0 Å². The van der Waals surface area contributed by atoms with Gasteiger partial charge in [-0.15, -0.1) is 0 Å². The smallest absolute Gasteiger partial charge is 0.396 e. The fourth-order valence-electron chi connectivity index (χ4n) is 3.81. The molecular weight excluding hydrogens is 336 g/mol. The summed E-state index contributed by atoms with van der Waals surface area (Å²) in [4.78, 5) is 38.0. The lowest BCUT2D eigenvalue weighted by atomic mass is 9.89. The molecule has 1 aliphatic carbocycles. The molecular formula is C19H22N2O5. The molecule has 3 aliphatic rings. The molecule has 0 radical (unpaired) electrons. The molecule has 1 aromatic rings. The van der Waals surface area contributed by atoms with Crippen LogP contribution < -0.4 is 10.1 Å². The summed E-state index contributed by atoms with van der Waals surface area (Å²) in [6.45, 7) is 2.56. The Labute approximate surface area is 151 Å². The van der Waals surface area contributed by atoms with Crippen molar-refractivity contribution >= 4 is 23.5 Å². The molecule has 1 unspecified atom stereocenters. The SMILES string of the molecule is COC(=O)C(=O)N1C[C@@H](C)CCC1c1ccc2c(c1)NC(=O)C1(CC1)O2. The lowest BCUT2D eigenvalue weighted by Crippen LogP contribution is -2.45. The van der Waals surface area contributed by atoms with E-state index >= 15 is 0 Å². The van der Waals surface area contributed by atoms with Crippen LogP contribution in [0.15, 0.2) is 18.2 Å². The van der Waals surface area contributed by atoms with Crippen molar-refractivity contribution in [3.63, 3.8) is 0 Å². The van der Waals surface area contributed by atoms with Gasteiger partial charge in [0, 0.05) is 19.4 Å². The molecule has 1 spiro atoms. The van der Waals surface area contributed by atoms with E-state index in [9.17, 15) is 14.4 Å². The summed E-state index contributed by atoms with van der Waals surface area (Å²) < 4.78 is 10.5. The van der Waals surface area contributed by atoms with E-state index in [1.165, 1.54) is 7.11 Å². The first-order valence-corrected chi connectivity index (χ1v) is 8.97. The van der Waals surface area contributed by atoms with Crippen molar-refractivity contribution in [3.05, 3.63) is 23.8 Å². The molecule has 1 aromatic carbocycles. The van der Waals surface area contributed by atoms with Crippen molar-refractivity contribution < 1.29 is 23.9 Å². The van der Waals surface area contributed by atoms with Crippen LogP contribution in [-0.4, -0.2) is 41.9 Å². The number of nitrogens with one attached hydrogen (secondary N) is 1. The van der Waals surface area contributed by atoms with Gasteiger partial charge < -0.3 is 19.7 Å². The van der Waals surface area contributed by atoms with Gasteiger partial charge in [-0.05, 0) is 36.5 Å². The third-order valence-electron chi connectivity index (χ3n) is 5.50. The van der Waals surface area contributed by atoms with Crippen LogP contribution in [0.2, 0.25) is 0 Å². The molecule has 2 heterocycles. The molecule has 0 bridgehead atoms. The Kier molecular flexibility index (Phi) is 3.89. The van der Waals surface area contributed by atoms with Crippen LogP contribution in [0, 0.1) is 5.92 Å². The molecule has 4 rings (SSSR count). The highest BCUT2D eigenvalue weighted by Crippen LogP contribution is 2.47. The van der Waals surface area contributed by atoms with E-state index in [1.54, 1.807) is 4.90 Å². The highest BCUT2D eigenvalue weighted by molar-refractivity contribution is 6.32. The van der Waals surface area contributed by atoms with E-state index in [-0.39, 0.29) is 11.9 Å². The second kappa shape index (κ2) is 6.00. The third-order valence-corrected chi connectivity index (χ3v) is 5.50. The molecule has 1 saturated carbocycles. The minimum atomic E-state index is -0.852. The first-order valence-electron chi connectivity index (χ1n) is 8.97. The summed E-state index contributed by atoms with van der Waals surface area (Å²) in [5.41, 5.74) is 0.819. The Morgan fingerprint density at radius 2 is 2.08 bits per heavy atom. The van der Waals surface area contributed by atoms with Gasteiger partial charge in [0.15, 0.2) is 5.60 Å². The largest absolute Gasteiger partial charge is 0.475 e. The molecule has 26 heavy (non-hydrogen) atoms. The van der Waals surface area contributed by atoms with E-state index in [0.29, 0.717) is 23.9 Å². The number of esters is 1. The lowest BCUT2D eigenvalue weighted by Gasteiger charge is -2.38. The Morgan fingerprint density at radius 1 is 1.31 bits per heavy atom. The molecule has 1 N–H and O–H groups in total. The van der Waals surface area contributed by atoms with Gasteiger partial charge in [0.25, 0.3) is 5.91 Å². The Hall–Kier alpha value is -2.57. The summed E-state index contributed by atoms with van der Waals surface area (Å²) in [7, 11) is 1.21. The number of methoxy groups -OCH3 is 1. The number of likely N-dealkylation sites (tertiary alicyclic amines) is 1. The summed E-state index contributed by atoms with van der Waals surface area (Å²) in [5.74, 6) is -0.619. The van der Waals surface area contributed by atoms with Crippen molar-refractivity contribution in [1.82, 2.24) is 4.90 Å². The van der Waals surface area contributed by atoms with Crippen molar-refractivity contribution in [2.45, 2.75) is 44.2 Å². The predicted octanol–water partition coefficient (Wildman–Crippen LogP) is 2.02. The number of hydrogen-bond acceptors (Lipinski definition) is 5. The molecule has 7 heteroatoms. The maximum Gasteiger partial charge on any atom is 0.396 e. The van der Waals surface area contributed by atoms with Crippen LogP contribution in [0.1, 0.15) is 44.2 Å². The fraction of sp³-hybridized carbons (Fsp3) is 0.526. The third kappa shape index (κ3) is 2.71. The van der Waals surface area contributed by atoms with Crippen molar-refractivity contribution in [1.29, 1.82) is 0 Å². The number of anilines is 1. The van der Waals surface area contributed by atoms with E-state index in [0.717, 1.165) is 31.2 Å². The molecule has 2 atom stereocenters. The second-order valence-electron chi connectivity index (χ2n) is 7.45. The zero-order valence-corrected chi connectivity index (χ0v) is 14.9. The average Bonchev–Trinajstić information content (AvgIpc) is 3.41. The van der Waals surface area contributed by atoms with Crippen LogP contribution in [0.5, 0.6) is 5.75 Å². The summed E-state index contributed by atoms with van der Waals surface area (Å²) >= 11 is 0. The van der Waals surface area contributed by atoms with Crippen LogP contribution in [0.4, 0.5) is 5.69 Å². The Morgan fingerprint density at radius 3 is 2.77 bits per heavy atom. The van der Waals surface area contributed by atoms with E-state index in [1.807, 2.05) is 18.2 Å². The van der Waals surface area contributed by atoms with Crippen LogP contribution in [-0.2, 0) is 19.1 Å². The predicted molar refractivity (Wildman–Crippen MR) is 92.5 cm³/mol. The van der Waals surface area contributed by atoms with Crippen molar-refractivity contribution in [3.8, 4) is 5.75 Å². The number of benzene rings is 1. The number of rotatable bonds is 1. The minimum Gasteiger partial charge on any atom is -0.475 e. The van der Waals surface area contributed by atoms with Gasteiger partial charge in [0.05, 0.1) is 18.8 Å². The molecule has 0 aromatic heterocycles. The summed E-state index contributed by atoms with van der Waals surface area (Å²) in [6, 6.07) is 5.37. The van der Waals surface area contributed by atoms with Crippen molar-refractivity contribution in [2.75, 3.05) is 19.0 Å². The number of piperidine rings is 1. The number of ether oxygens (including phenoxy) is 2. The van der Waals surface area contributed by atoms with E-state index < -0.39 is 17.5 Å². The summed E-state index contributed by atoms with van der Waals surface area (Å²) in [6.07, 6.45) is 3.18. The highest BCUT2D eigenvalue weighted by atomic mass is 16.5. The zero-order valence-electron chi connectivity index (χ0n) is 14.9. The quantitative estimate of drug-likeness (QED) is 0.613. The normalized spacial score (nSPS) is 25.8. The number of carbonyl (C=O) groups excluding carboxylic acids is 3. The Bertz CT molecular complexity index is 786. The first kappa shape index (κ1) is 16.9. The zero-order chi connectivity index (χ0) is 18.5. The van der Waals surface area contributed by atoms with Gasteiger partial charge in [-0.25, -0.2) is 4.79 Å². The van der Waals surface area contributed by atoms with E-state index in [4.69, 9.17) is 4.74 Å². The van der Waals surface area contributed by atoms with Crippen molar-refractivity contribution in [2.24, 2.45) is 5.92 Å². The number of amides is 2. The van der Waals surface area contributed by atoms with Gasteiger partial charge in [-0.2, -0.15) is 0 Å². The second-order valence-corrected chi connectivity index (χ2v) is 7.45. The first-order chi connectivity index (χ1) is 12.4. The standard InChI is InChI=1S/C19H22N2O5/c1-11-3-5-14(21(10-11)16(22)17(23)25-2)12-4-6-15-13(9-12)20-18(24)19(26-15)7-8-19/h4,6,9,11,14H,3,5,7-8,10H2,1-2H3,(H,20,24)/t11-,14?/m0/s1. The van der Waals surface area contributed by atoms with Gasteiger partial charge in [-0.3, -0.25) is 9.59 Å². The minimum absolute atomic E-state index is 0.109. The molecule has 7 nitrogen and oxygen atoms in total. The van der Waals surface area contributed by atoms with Gasteiger partial charge in [0.2, 0.25) is 0 Å². The number of hydrogen-bond donors (Lipinski definition) is 1. The molecule has 138 valence electrons. The fourth-order valence-corrected chi connectivity index (χ4v) is 3.81. The highest BCUT2D eigenvalue weighted by Gasteiger charge is 2.55. The maximum absolute atomic E-state index is 12.4. The molecule has 2 amide bonds. The number of nitrogens with zero attached hydrogens (tertiary/aromatic N) is 1. The van der Waals surface area contributed by atoms with Gasteiger partial charge >= 0.3 is 11.9 Å². The lowest BCUT2D eigenvalue weighted by molar-refractivity contribution is -0.160. The maximum atomic E-state index is 12.4. The topological polar surface area (TPSA) is 84.9 Å². The van der Waals surface area contributed by atoms with Gasteiger partial charge in [0.1, 0.15) is 5.75 Å². The number of carbonyl (C=O) groups is 3. The molecule has 2 fully saturated rings.